The summed E-state index contributed by atoms with van der Waals surface area (Å²) >= 11 is 3.57. The van der Waals surface area contributed by atoms with E-state index in [9.17, 15) is 4.79 Å². The van der Waals surface area contributed by atoms with Crippen LogP contribution in [0.25, 0.3) is 22.2 Å². The molecular weight excluding hydrogens is 542 g/mol. The average molecular weight is 566 g/mol. The number of hydrazone groups is 1. The number of methoxy groups -OCH3 is 1. The molecule has 4 aromatic carbocycles. The van der Waals surface area contributed by atoms with E-state index < -0.39 is 0 Å². The number of hydrogen-bond acceptors (Lipinski definition) is 5. The summed E-state index contributed by atoms with van der Waals surface area (Å²) in [5.74, 6) is 0.816. The van der Waals surface area contributed by atoms with Crippen molar-refractivity contribution in [3.05, 3.63) is 124 Å². The standard InChI is InChI=1S/C31H24BrN3O3/c1-37-29-17-22(16-26(32)30(29)38-20-21-10-4-2-5-11-21)19-33-35-31(36)25-18-28(23-12-6-3-7-13-23)34-27-15-9-8-14-24(25)27/h2-19H,20H2,1H3,(H,35,36)/b33-19+. The number of para-hydroxylation sites is 1. The van der Waals surface area contributed by atoms with Crippen LogP contribution in [-0.4, -0.2) is 24.2 Å². The van der Waals surface area contributed by atoms with Crippen molar-refractivity contribution in [1.82, 2.24) is 10.4 Å². The highest BCUT2D eigenvalue weighted by molar-refractivity contribution is 9.10. The number of amides is 1. The third kappa shape index (κ3) is 5.74. The van der Waals surface area contributed by atoms with Gasteiger partial charge in [0.1, 0.15) is 6.61 Å². The fraction of sp³-hybridized carbons (Fsp3) is 0.0645. The van der Waals surface area contributed by atoms with Gasteiger partial charge >= 0.3 is 0 Å². The van der Waals surface area contributed by atoms with Crippen molar-refractivity contribution >= 4 is 39.0 Å². The molecule has 0 spiro atoms. The molecule has 7 heteroatoms. The lowest BCUT2D eigenvalue weighted by molar-refractivity contribution is 0.0956. The maximum atomic E-state index is 13.2. The first kappa shape index (κ1) is 25.2. The number of nitrogens with zero attached hydrogens (tertiary/aromatic N) is 2. The Hall–Kier alpha value is -4.49. The van der Waals surface area contributed by atoms with Gasteiger partial charge < -0.3 is 9.47 Å². The number of benzene rings is 4. The lowest BCUT2D eigenvalue weighted by atomic mass is 10.0. The Morgan fingerprint density at radius 1 is 0.947 bits per heavy atom. The van der Waals surface area contributed by atoms with Crippen LogP contribution in [0.4, 0.5) is 0 Å². The Kier molecular flexibility index (Phi) is 7.75. The second-order valence-electron chi connectivity index (χ2n) is 8.45. The Bertz CT molecular complexity index is 1610. The van der Waals surface area contributed by atoms with Gasteiger partial charge in [0.15, 0.2) is 11.5 Å². The van der Waals surface area contributed by atoms with Crippen LogP contribution in [0.3, 0.4) is 0 Å². The molecule has 0 saturated heterocycles. The van der Waals surface area contributed by atoms with E-state index in [1.807, 2.05) is 91.0 Å². The van der Waals surface area contributed by atoms with Crippen LogP contribution in [-0.2, 0) is 6.61 Å². The van der Waals surface area contributed by atoms with Crippen molar-refractivity contribution in [3.8, 4) is 22.8 Å². The minimum absolute atomic E-state index is 0.328. The fourth-order valence-corrected chi connectivity index (χ4v) is 4.60. The first-order valence-electron chi connectivity index (χ1n) is 12.0. The number of carbonyl (C=O) groups excluding carboxylic acids is 1. The van der Waals surface area contributed by atoms with Crippen molar-refractivity contribution < 1.29 is 14.3 Å². The quantitative estimate of drug-likeness (QED) is 0.162. The Balaban J connectivity index is 1.35. The molecule has 1 N–H and O–H groups in total. The average Bonchev–Trinajstić information content (AvgIpc) is 2.96. The van der Waals surface area contributed by atoms with Gasteiger partial charge in [0.25, 0.3) is 5.91 Å². The summed E-state index contributed by atoms with van der Waals surface area (Å²) in [7, 11) is 1.58. The van der Waals surface area contributed by atoms with Gasteiger partial charge in [-0.1, -0.05) is 78.9 Å². The molecule has 38 heavy (non-hydrogen) atoms. The molecule has 0 bridgehead atoms. The van der Waals surface area contributed by atoms with Crippen molar-refractivity contribution in [2.24, 2.45) is 5.10 Å². The van der Waals surface area contributed by atoms with Crippen LogP contribution in [0.1, 0.15) is 21.5 Å². The van der Waals surface area contributed by atoms with E-state index in [2.05, 4.69) is 26.5 Å². The van der Waals surface area contributed by atoms with E-state index in [1.54, 1.807) is 25.5 Å². The minimum Gasteiger partial charge on any atom is -0.493 e. The van der Waals surface area contributed by atoms with Gasteiger partial charge in [-0.05, 0) is 51.3 Å². The summed E-state index contributed by atoms with van der Waals surface area (Å²) in [5.41, 5.74) is 7.32. The summed E-state index contributed by atoms with van der Waals surface area (Å²) in [6.45, 7) is 0.407. The molecule has 5 aromatic rings. The predicted molar refractivity (Wildman–Crippen MR) is 154 cm³/mol. The van der Waals surface area contributed by atoms with Crippen LogP contribution >= 0.6 is 15.9 Å². The van der Waals surface area contributed by atoms with Gasteiger partial charge in [-0.15, -0.1) is 0 Å². The van der Waals surface area contributed by atoms with E-state index >= 15 is 0 Å². The highest BCUT2D eigenvalue weighted by Gasteiger charge is 2.14. The zero-order valence-electron chi connectivity index (χ0n) is 20.6. The molecule has 0 radical (unpaired) electrons. The third-order valence-corrected chi connectivity index (χ3v) is 6.48. The smallest absolute Gasteiger partial charge is 0.272 e. The van der Waals surface area contributed by atoms with Crippen molar-refractivity contribution in [1.29, 1.82) is 0 Å². The van der Waals surface area contributed by atoms with Crippen molar-refractivity contribution in [2.75, 3.05) is 7.11 Å². The molecular formula is C31H24BrN3O3. The minimum atomic E-state index is -0.328. The first-order valence-corrected chi connectivity index (χ1v) is 12.7. The lowest BCUT2D eigenvalue weighted by Crippen LogP contribution is -2.18. The summed E-state index contributed by atoms with van der Waals surface area (Å²) in [6.07, 6.45) is 1.56. The number of pyridine rings is 1. The van der Waals surface area contributed by atoms with Crippen LogP contribution in [0.2, 0.25) is 0 Å². The second-order valence-corrected chi connectivity index (χ2v) is 9.30. The lowest BCUT2D eigenvalue weighted by Gasteiger charge is -2.13. The predicted octanol–water partition coefficient (Wildman–Crippen LogP) is 7.02. The highest BCUT2D eigenvalue weighted by atomic mass is 79.9. The maximum absolute atomic E-state index is 13.2. The summed E-state index contributed by atoms with van der Waals surface area (Å²) in [5, 5.41) is 4.96. The van der Waals surface area contributed by atoms with Gasteiger partial charge in [-0.25, -0.2) is 10.4 Å². The Morgan fingerprint density at radius 3 is 2.42 bits per heavy atom. The number of aromatic nitrogens is 1. The van der Waals surface area contributed by atoms with E-state index in [0.717, 1.165) is 33.3 Å². The summed E-state index contributed by atoms with van der Waals surface area (Å²) in [6, 6.07) is 32.7. The fourth-order valence-electron chi connectivity index (χ4n) is 4.03. The van der Waals surface area contributed by atoms with Gasteiger partial charge in [0.05, 0.1) is 34.6 Å². The number of carbonyl (C=O) groups is 1. The highest BCUT2D eigenvalue weighted by Crippen LogP contribution is 2.37. The maximum Gasteiger partial charge on any atom is 0.272 e. The number of ether oxygens (including phenoxy) is 2. The molecule has 1 amide bonds. The zero-order valence-corrected chi connectivity index (χ0v) is 22.2. The molecule has 0 aliphatic carbocycles. The molecule has 6 nitrogen and oxygen atoms in total. The first-order chi connectivity index (χ1) is 18.6. The largest absolute Gasteiger partial charge is 0.493 e. The van der Waals surface area contributed by atoms with Crippen LogP contribution in [0.5, 0.6) is 11.5 Å². The Labute approximate surface area is 229 Å². The van der Waals surface area contributed by atoms with Gasteiger partial charge in [-0.2, -0.15) is 5.10 Å². The van der Waals surface area contributed by atoms with Crippen LogP contribution < -0.4 is 14.9 Å². The normalized spacial score (nSPS) is 11.0. The monoisotopic (exact) mass is 565 g/mol. The van der Waals surface area contributed by atoms with E-state index in [4.69, 9.17) is 14.5 Å². The van der Waals surface area contributed by atoms with Crippen molar-refractivity contribution in [2.45, 2.75) is 6.61 Å². The molecule has 0 aliphatic rings. The number of hydrogen-bond donors (Lipinski definition) is 1. The van der Waals surface area contributed by atoms with Gasteiger partial charge in [-0.3, -0.25) is 4.79 Å². The topological polar surface area (TPSA) is 72.8 Å². The third-order valence-electron chi connectivity index (χ3n) is 5.89. The van der Waals surface area contributed by atoms with Crippen LogP contribution in [0, 0.1) is 0 Å². The number of halogens is 1. The number of fused-ring (bicyclic) bond motifs is 1. The number of rotatable bonds is 8. The number of nitrogens with one attached hydrogen (secondary N) is 1. The molecule has 0 fully saturated rings. The van der Waals surface area contributed by atoms with E-state index in [0.29, 0.717) is 28.1 Å². The molecule has 0 saturated carbocycles. The SMILES string of the molecule is COc1cc(/C=N/NC(=O)c2cc(-c3ccccc3)nc3ccccc23)cc(Br)c1OCc1ccccc1. The van der Waals surface area contributed by atoms with Crippen molar-refractivity contribution in [3.63, 3.8) is 0 Å². The summed E-state index contributed by atoms with van der Waals surface area (Å²) in [4.78, 5) is 17.9. The molecule has 188 valence electrons. The molecule has 1 aromatic heterocycles. The molecule has 0 unspecified atom stereocenters. The Morgan fingerprint density at radius 2 is 1.66 bits per heavy atom. The van der Waals surface area contributed by atoms with E-state index in [-0.39, 0.29) is 5.91 Å². The molecule has 0 atom stereocenters. The zero-order chi connectivity index (χ0) is 26.3. The molecule has 5 rings (SSSR count). The second kappa shape index (κ2) is 11.7. The van der Waals surface area contributed by atoms with Gasteiger partial charge in [0, 0.05) is 10.9 Å². The van der Waals surface area contributed by atoms with E-state index in [1.165, 1.54) is 0 Å². The summed E-state index contributed by atoms with van der Waals surface area (Å²) < 4.78 is 12.3. The molecule has 0 aliphatic heterocycles. The van der Waals surface area contributed by atoms with Gasteiger partial charge in [0.2, 0.25) is 0 Å². The molecule has 1 heterocycles. The van der Waals surface area contributed by atoms with Crippen LogP contribution in [0.15, 0.2) is 113 Å².